The Kier molecular flexibility index (Phi) is 4.02. The van der Waals surface area contributed by atoms with Gasteiger partial charge in [-0.2, -0.15) is 0 Å². The van der Waals surface area contributed by atoms with Crippen LogP contribution in [0.1, 0.15) is 23.7 Å². The summed E-state index contributed by atoms with van der Waals surface area (Å²) in [6.45, 7) is 0. The number of hydrogen-bond donors (Lipinski definition) is 1. The summed E-state index contributed by atoms with van der Waals surface area (Å²) in [5.74, 6) is 0. The van der Waals surface area contributed by atoms with Crippen LogP contribution in [0.15, 0.2) is 84.9 Å². The van der Waals surface area contributed by atoms with Crippen molar-refractivity contribution in [1.29, 1.82) is 0 Å². The molecular formula is C23H20O. The van der Waals surface area contributed by atoms with Crippen LogP contribution in [-0.2, 0) is 6.42 Å². The van der Waals surface area contributed by atoms with Gasteiger partial charge in [0.2, 0.25) is 0 Å². The molecule has 1 heteroatoms. The van der Waals surface area contributed by atoms with Gasteiger partial charge in [0.25, 0.3) is 0 Å². The minimum absolute atomic E-state index is 0.449. The third-order valence-corrected chi connectivity index (χ3v) is 4.75. The molecule has 0 fully saturated rings. The summed E-state index contributed by atoms with van der Waals surface area (Å²) < 4.78 is 0. The van der Waals surface area contributed by atoms with E-state index in [1.54, 1.807) is 0 Å². The maximum atomic E-state index is 10.8. The monoisotopic (exact) mass is 312 g/mol. The number of aryl methyl sites for hydroxylation is 1. The van der Waals surface area contributed by atoms with E-state index in [0.29, 0.717) is 0 Å². The predicted octanol–water partition coefficient (Wildman–Crippen LogP) is 5.66. The molecule has 118 valence electrons. The fraction of sp³-hybridized carbons (Fsp3) is 0.130. The lowest BCUT2D eigenvalue weighted by molar-refractivity contribution is 0.169. The zero-order valence-corrected chi connectivity index (χ0v) is 13.5. The van der Waals surface area contributed by atoms with Crippen molar-refractivity contribution in [2.24, 2.45) is 0 Å². The topological polar surface area (TPSA) is 20.2 Å². The Morgan fingerprint density at radius 2 is 1.21 bits per heavy atom. The van der Waals surface area contributed by atoms with Crippen molar-refractivity contribution in [1.82, 2.24) is 0 Å². The average molecular weight is 312 g/mol. The van der Waals surface area contributed by atoms with E-state index in [0.717, 1.165) is 23.8 Å². The van der Waals surface area contributed by atoms with E-state index in [4.69, 9.17) is 0 Å². The maximum Gasteiger partial charge on any atom is 0.0799 e. The van der Waals surface area contributed by atoms with Crippen molar-refractivity contribution >= 4 is 21.5 Å². The van der Waals surface area contributed by atoms with E-state index in [-0.39, 0.29) is 0 Å². The molecule has 24 heavy (non-hydrogen) atoms. The van der Waals surface area contributed by atoms with Gasteiger partial charge in [0.15, 0.2) is 0 Å². The highest BCUT2D eigenvalue weighted by molar-refractivity contribution is 5.86. The number of aliphatic hydroxyl groups excluding tert-OH is 1. The van der Waals surface area contributed by atoms with E-state index in [1.807, 2.05) is 24.3 Å². The van der Waals surface area contributed by atoms with Crippen molar-refractivity contribution in [3.8, 4) is 0 Å². The number of benzene rings is 4. The Balaban J connectivity index is 1.61. The summed E-state index contributed by atoms with van der Waals surface area (Å²) in [6.07, 6.45) is 1.14. The van der Waals surface area contributed by atoms with E-state index in [1.165, 1.54) is 21.7 Å². The molecule has 0 saturated carbocycles. The molecule has 1 unspecified atom stereocenters. The first kappa shape index (κ1) is 14.9. The molecule has 0 bridgehead atoms. The lowest BCUT2D eigenvalue weighted by Crippen LogP contribution is -2.01. The number of fused-ring (bicyclic) bond motifs is 2. The van der Waals surface area contributed by atoms with E-state index < -0.39 is 6.10 Å². The average Bonchev–Trinajstić information content (AvgIpc) is 2.65. The first-order valence-electron chi connectivity index (χ1n) is 8.45. The third-order valence-electron chi connectivity index (χ3n) is 4.75. The van der Waals surface area contributed by atoms with Crippen LogP contribution in [0.4, 0.5) is 0 Å². The van der Waals surface area contributed by atoms with Crippen LogP contribution in [0.2, 0.25) is 0 Å². The molecule has 4 rings (SSSR count). The summed E-state index contributed by atoms with van der Waals surface area (Å²) in [5, 5.41) is 15.6. The quantitative estimate of drug-likeness (QED) is 0.515. The molecule has 4 aromatic carbocycles. The molecule has 0 spiro atoms. The second-order valence-electron chi connectivity index (χ2n) is 6.26. The predicted molar refractivity (Wildman–Crippen MR) is 101 cm³/mol. The van der Waals surface area contributed by atoms with Crippen molar-refractivity contribution < 1.29 is 5.11 Å². The molecule has 0 aliphatic carbocycles. The standard InChI is InChI=1S/C23H20O/c24-23(22-14-6-11-18-8-2-4-13-21(18)22)16-15-19-10-5-9-17-7-1-3-12-20(17)19/h1-14,23-24H,15-16H2. The molecule has 0 aromatic heterocycles. The molecule has 0 aliphatic heterocycles. The molecule has 4 aromatic rings. The van der Waals surface area contributed by atoms with E-state index >= 15 is 0 Å². The van der Waals surface area contributed by atoms with Gasteiger partial charge in [0.05, 0.1) is 6.10 Å². The summed E-state index contributed by atoms with van der Waals surface area (Å²) >= 11 is 0. The highest BCUT2D eigenvalue weighted by atomic mass is 16.3. The maximum absolute atomic E-state index is 10.8. The summed E-state index contributed by atoms with van der Waals surface area (Å²) in [4.78, 5) is 0. The molecule has 1 N–H and O–H groups in total. The fourth-order valence-corrected chi connectivity index (χ4v) is 3.50. The lowest BCUT2D eigenvalue weighted by atomic mass is 9.94. The molecule has 0 heterocycles. The molecule has 0 saturated heterocycles. The summed E-state index contributed by atoms with van der Waals surface area (Å²) in [7, 11) is 0. The Morgan fingerprint density at radius 1 is 0.625 bits per heavy atom. The minimum atomic E-state index is -0.449. The Bertz CT molecular complexity index is 976. The van der Waals surface area contributed by atoms with Crippen LogP contribution >= 0.6 is 0 Å². The molecule has 0 amide bonds. The van der Waals surface area contributed by atoms with Crippen LogP contribution in [0.3, 0.4) is 0 Å². The van der Waals surface area contributed by atoms with Gasteiger partial charge in [-0.1, -0.05) is 84.9 Å². The number of rotatable bonds is 4. The van der Waals surface area contributed by atoms with E-state index in [2.05, 4.69) is 60.7 Å². The van der Waals surface area contributed by atoms with Gasteiger partial charge >= 0.3 is 0 Å². The Hall–Kier alpha value is -2.64. The normalized spacial score (nSPS) is 12.5. The van der Waals surface area contributed by atoms with Crippen molar-refractivity contribution in [3.05, 3.63) is 96.1 Å². The molecule has 0 aliphatic rings. The molecule has 0 radical (unpaired) electrons. The first-order chi connectivity index (χ1) is 11.8. The zero-order valence-electron chi connectivity index (χ0n) is 13.5. The van der Waals surface area contributed by atoms with Crippen LogP contribution in [0, 0.1) is 0 Å². The second kappa shape index (κ2) is 6.46. The zero-order chi connectivity index (χ0) is 16.4. The van der Waals surface area contributed by atoms with Gasteiger partial charge < -0.3 is 5.11 Å². The highest BCUT2D eigenvalue weighted by Crippen LogP contribution is 2.28. The summed E-state index contributed by atoms with van der Waals surface area (Å²) in [6, 6.07) is 29.3. The number of aliphatic hydroxyl groups is 1. The SMILES string of the molecule is OC(CCc1cccc2ccccc12)c1cccc2ccccc12. The van der Waals surface area contributed by atoms with Gasteiger partial charge in [-0.3, -0.25) is 0 Å². The first-order valence-corrected chi connectivity index (χ1v) is 8.45. The van der Waals surface area contributed by atoms with Gasteiger partial charge in [-0.25, -0.2) is 0 Å². The van der Waals surface area contributed by atoms with Crippen LogP contribution < -0.4 is 0 Å². The van der Waals surface area contributed by atoms with Crippen molar-refractivity contribution in [2.75, 3.05) is 0 Å². The van der Waals surface area contributed by atoms with Crippen LogP contribution in [0.25, 0.3) is 21.5 Å². The van der Waals surface area contributed by atoms with Crippen molar-refractivity contribution in [3.63, 3.8) is 0 Å². The molecular weight excluding hydrogens is 292 g/mol. The van der Waals surface area contributed by atoms with Gasteiger partial charge in [-0.05, 0) is 45.5 Å². The van der Waals surface area contributed by atoms with Crippen molar-refractivity contribution in [2.45, 2.75) is 18.9 Å². The second-order valence-corrected chi connectivity index (χ2v) is 6.26. The molecule has 1 nitrogen and oxygen atoms in total. The highest BCUT2D eigenvalue weighted by Gasteiger charge is 2.12. The van der Waals surface area contributed by atoms with Crippen LogP contribution in [0.5, 0.6) is 0 Å². The van der Waals surface area contributed by atoms with E-state index in [9.17, 15) is 5.11 Å². The van der Waals surface area contributed by atoms with Crippen LogP contribution in [-0.4, -0.2) is 5.11 Å². The molecule has 1 atom stereocenters. The lowest BCUT2D eigenvalue weighted by Gasteiger charge is -2.14. The Morgan fingerprint density at radius 3 is 2.00 bits per heavy atom. The van der Waals surface area contributed by atoms with Gasteiger partial charge in [0, 0.05) is 0 Å². The summed E-state index contributed by atoms with van der Waals surface area (Å²) in [5.41, 5.74) is 2.32. The minimum Gasteiger partial charge on any atom is -0.388 e. The Labute approximate surface area is 142 Å². The van der Waals surface area contributed by atoms with Gasteiger partial charge in [-0.15, -0.1) is 0 Å². The number of hydrogen-bond acceptors (Lipinski definition) is 1. The third kappa shape index (κ3) is 2.79. The smallest absolute Gasteiger partial charge is 0.0799 e. The largest absolute Gasteiger partial charge is 0.388 e. The van der Waals surface area contributed by atoms with Gasteiger partial charge in [0.1, 0.15) is 0 Å². The fourth-order valence-electron chi connectivity index (χ4n) is 3.50.